The van der Waals surface area contributed by atoms with E-state index in [2.05, 4.69) is 10.6 Å². The Morgan fingerprint density at radius 2 is 1.79 bits per heavy atom. The molecule has 0 bridgehead atoms. The number of ether oxygens (including phenoxy) is 1. The SMILES string of the molecule is Cc1ccc(NC(=O)COc2ccc(Cl)cc2/C=C(\C#N)C(=O)Nc2ccccc2)c(C)c1. The van der Waals surface area contributed by atoms with Crippen LogP contribution in [-0.2, 0) is 9.59 Å². The minimum Gasteiger partial charge on any atom is -0.483 e. The van der Waals surface area contributed by atoms with Crippen LogP contribution in [0.25, 0.3) is 6.08 Å². The molecule has 3 aromatic carbocycles. The highest BCUT2D eigenvalue weighted by Gasteiger charge is 2.13. The normalized spacial score (nSPS) is 10.8. The molecule has 33 heavy (non-hydrogen) atoms. The van der Waals surface area contributed by atoms with E-state index in [-0.39, 0.29) is 18.1 Å². The van der Waals surface area contributed by atoms with Gasteiger partial charge in [-0.1, -0.05) is 47.5 Å². The lowest BCUT2D eigenvalue weighted by molar-refractivity contribution is -0.118. The number of amides is 2. The second kappa shape index (κ2) is 11.0. The average Bonchev–Trinajstić information content (AvgIpc) is 2.79. The highest BCUT2D eigenvalue weighted by atomic mass is 35.5. The van der Waals surface area contributed by atoms with E-state index in [0.717, 1.165) is 11.1 Å². The van der Waals surface area contributed by atoms with Crippen molar-refractivity contribution in [1.82, 2.24) is 0 Å². The van der Waals surface area contributed by atoms with Crippen molar-refractivity contribution in [3.8, 4) is 11.8 Å². The fraction of sp³-hybridized carbons (Fsp3) is 0.115. The Balaban J connectivity index is 1.74. The van der Waals surface area contributed by atoms with Crippen LogP contribution in [0.4, 0.5) is 11.4 Å². The Kier molecular flexibility index (Phi) is 7.85. The molecule has 2 N–H and O–H groups in total. The summed E-state index contributed by atoms with van der Waals surface area (Å²) in [5, 5.41) is 15.4. The molecule has 0 atom stereocenters. The predicted molar refractivity (Wildman–Crippen MR) is 130 cm³/mol. The molecule has 0 heterocycles. The van der Waals surface area contributed by atoms with Crippen LogP contribution < -0.4 is 15.4 Å². The van der Waals surface area contributed by atoms with Gasteiger partial charge in [-0.25, -0.2) is 0 Å². The van der Waals surface area contributed by atoms with Gasteiger partial charge in [-0.3, -0.25) is 9.59 Å². The summed E-state index contributed by atoms with van der Waals surface area (Å²) in [7, 11) is 0. The fourth-order valence-electron chi connectivity index (χ4n) is 3.07. The van der Waals surface area contributed by atoms with Crippen LogP contribution in [0.15, 0.2) is 72.3 Å². The summed E-state index contributed by atoms with van der Waals surface area (Å²) in [5.41, 5.74) is 3.59. The molecule has 0 unspecified atom stereocenters. The van der Waals surface area contributed by atoms with Crippen LogP contribution >= 0.6 is 11.6 Å². The van der Waals surface area contributed by atoms with Gasteiger partial charge in [0, 0.05) is 22.0 Å². The van der Waals surface area contributed by atoms with Crippen LogP contribution in [0.3, 0.4) is 0 Å². The van der Waals surface area contributed by atoms with Gasteiger partial charge in [-0.05, 0) is 61.9 Å². The maximum Gasteiger partial charge on any atom is 0.266 e. The number of nitrogens with one attached hydrogen (secondary N) is 2. The first-order valence-electron chi connectivity index (χ1n) is 10.1. The summed E-state index contributed by atoms with van der Waals surface area (Å²) in [4.78, 5) is 24.9. The maximum atomic E-state index is 12.5. The molecule has 0 aliphatic rings. The number of aryl methyl sites for hydroxylation is 2. The summed E-state index contributed by atoms with van der Waals surface area (Å²) in [6.07, 6.45) is 1.38. The number of para-hydroxylation sites is 1. The Labute approximate surface area is 197 Å². The number of nitriles is 1. The third-order valence-electron chi connectivity index (χ3n) is 4.68. The molecule has 0 aromatic heterocycles. The number of carbonyl (C=O) groups excluding carboxylic acids is 2. The first-order chi connectivity index (χ1) is 15.9. The minimum atomic E-state index is -0.567. The zero-order chi connectivity index (χ0) is 23.8. The molecule has 3 rings (SSSR count). The summed E-state index contributed by atoms with van der Waals surface area (Å²) < 4.78 is 5.68. The van der Waals surface area contributed by atoms with E-state index in [4.69, 9.17) is 16.3 Å². The molecule has 0 radical (unpaired) electrons. The molecule has 6 nitrogen and oxygen atoms in total. The number of halogens is 1. The lowest BCUT2D eigenvalue weighted by Gasteiger charge is -2.12. The summed E-state index contributed by atoms with van der Waals surface area (Å²) in [6, 6.07) is 21.2. The van der Waals surface area contributed by atoms with Gasteiger partial charge in [0.2, 0.25) is 0 Å². The molecule has 7 heteroatoms. The predicted octanol–water partition coefficient (Wildman–Crippen LogP) is 5.52. The van der Waals surface area contributed by atoms with Gasteiger partial charge in [0.25, 0.3) is 11.8 Å². The first-order valence-corrected chi connectivity index (χ1v) is 10.5. The molecule has 3 aromatic rings. The van der Waals surface area contributed by atoms with E-state index in [9.17, 15) is 14.9 Å². The van der Waals surface area contributed by atoms with Crippen molar-refractivity contribution in [2.24, 2.45) is 0 Å². The zero-order valence-electron chi connectivity index (χ0n) is 18.2. The monoisotopic (exact) mass is 459 g/mol. The zero-order valence-corrected chi connectivity index (χ0v) is 18.9. The van der Waals surface area contributed by atoms with Gasteiger partial charge >= 0.3 is 0 Å². The second-order valence-corrected chi connectivity index (χ2v) is 7.76. The molecule has 0 spiro atoms. The van der Waals surface area contributed by atoms with Gasteiger partial charge in [0.05, 0.1) is 0 Å². The van der Waals surface area contributed by atoms with Crippen LogP contribution in [0.5, 0.6) is 5.75 Å². The first kappa shape index (κ1) is 23.6. The van der Waals surface area contributed by atoms with Crippen LogP contribution in [0, 0.1) is 25.2 Å². The van der Waals surface area contributed by atoms with Gasteiger partial charge < -0.3 is 15.4 Å². The van der Waals surface area contributed by atoms with Crippen molar-refractivity contribution in [3.63, 3.8) is 0 Å². The Morgan fingerprint density at radius 1 is 1.03 bits per heavy atom. The summed E-state index contributed by atoms with van der Waals surface area (Å²) >= 11 is 6.11. The van der Waals surface area contributed by atoms with Crippen molar-refractivity contribution in [3.05, 3.63) is 94.0 Å². The molecule has 0 fully saturated rings. The number of nitrogens with zero attached hydrogens (tertiary/aromatic N) is 1. The molecular formula is C26H22ClN3O3. The molecule has 0 saturated carbocycles. The van der Waals surface area contributed by atoms with Crippen molar-refractivity contribution >= 4 is 40.9 Å². The number of hydrogen-bond donors (Lipinski definition) is 2. The average molecular weight is 460 g/mol. The number of anilines is 2. The lowest BCUT2D eigenvalue weighted by atomic mass is 10.1. The largest absolute Gasteiger partial charge is 0.483 e. The van der Waals surface area contributed by atoms with Crippen LogP contribution in [0.2, 0.25) is 5.02 Å². The molecular weight excluding hydrogens is 438 g/mol. The van der Waals surface area contributed by atoms with Crippen molar-refractivity contribution < 1.29 is 14.3 Å². The standard InChI is InChI=1S/C26H22ClN3O3/c1-17-8-10-23(18(2)12-17)30-25(31)16-33-24-11-9-21(27)14-19(24)13-20(15-28)26(32)29-22-6-4-3-5-7-22/h3-14H,16H2,1-2H3,(H,29,32)(H,30,31)/b20-13+. The van der Waals surface area contributed by atoms with Crippen molar-refractivity contribution in [2.75, 3.05) is 17.2 Å². The van der Waals surface area contributed by atoms with E-state index in [0.29, 0.717) is 27.7 Å². The topological polar surface area (TPSA) is 91.2 Å². The van der Waals surface area contributed by atoms with Crippen molar-refractivity contribution in [2.45, 2.75) is 13.8 Å². The van der Waals surface area contributed by atoms with E-state index in [1.807, 2.05) is 44.2 Å². The molecule has 0 saturated heterocycles. The maximum absolute atomic E-state index is 12.5. The molecule has 0 aliphatic heterocycles. The lowest BCUT2D eigenvalue weighted by Crippen LogP contribution is -2.21. The van der Waals surface area contributed by atoms with Gasteiger partial charge in [-0.15, -0.1) is 0 Å². The van der Waals surface area contributed by atoms with Crippen LogP contribution in [-0.4, -0.2) is 18.4 Å². The van der Waals surface area contributed by atoms with Crippen LogP contribution in [0.1, 0.15) is 16.7 Å². The minimum absolute atomic E-state index is 0.134. The summed E-state index contributed by atoms with van der Waals surface area (Å²) in [6.45, 7) is 3.64. The molecule has 166 valence electrons. The Morgan fingerprint density at radius 3 is 2.48 bits per heavy atom. The summed E-state index contributed by atoms with van der Waals surface area (Å²) in [5.74, 6) is -0.591. The smallest absolute Gasteiger partial charge is 0.266 e. The van der Waals surface area contributed by atoms with Gasteiger partial charge in [0.1, 0.15) is 17.4 Å². The van der Waals surface area contributed by atoms with Gasteiger partial charge in [0.15, 0.2) is 6.61 Å². The van der Waals surface area contributed by atoms with E-state index >= 15 is 0 Å². The number of hydrogen-bond acceptors (Lipinski definition) is 4. The third kappa shape index (κ3) is 6.70. The highest BCUT2D eigenvalue weighted by Crippen LogP contribution is 2.26. The third-order valence-corrected chi connectivity index (χ3v) is 4.92. The number of carbonyl (C=O) groups is 2. The molecule has 2 amide bonds. The second-order valence-electron chi connectivity index (χ2n) is 7.33. The van der Waals surface area contributed by atoms with Gasteiger partial charge in [-0.2, -0.15) is 5.26 Å². The van der Waals surface area contributed by atoms with E-state index < -0.39 is 5.91 Å². The highest BCUT2D eigenvalue weighted by molar-refractivity contribution is 6.30. The fourth-order valence-corrected chi connectivity index (χ4v) is 3.25. The Hall–Kier alpha value is -4.08. The molecule has 0 aliphatic carbocycles. The Bertz CT molecular complexity index is 1250. The number of rotatable bonds is 7. The van der Waals surface area contributed by atoms with E-state index in [1.54, 1.807) is 42.5 Å². The number of benzene rings is 3. The van der Waals surface area contributed by atoms with Crippen molar-refractivity contribution in [1.29, 1.82) is 5.26 Å². The quantitative estimate of drug-likeness (QED) is 0.359. The van der Waals surface area contributed by atoms with E-state index in [1.165, 1.54) is 6.08 Å².